The lowest BCUT2D eigenvalue weighted by atomic mass is 10.0. The van der Waals surface area contributed by atoms with Gasteiger partial charge in [-0.25, -0.2) is 4.79 Å². The van der Waals surface area contributed by atoms with Gasteiger partial charge in [0.25, 0.3) is 0 Å². The molecule has 0 fully saturated rings. The lowest BCUT2D eigenvalue weighted by molar-refractivity contribution is 0.0389. The minimum absolute atomic E-state index is 0.425. The van der Waals surface area contributed by atoms with E-state index in [0.29, 0.717) is 12.0 Å². The Morgan fingerprint density at radius 2 is 1.54 bits per heavy atom. The monoisotopic (exact) mass is 321 g/mol. The largest absolute Gasteiger partial charge is 0.443 e. The van der Waals surface area contributed by atoms with E-state index in [4.69, 9.17) is 10.00 Å². The number of esters is 1. The zero-order valence-corrected chi connectivity index (χ0v) is 13.9. The first kappa shape index (κ1) is 17.7. The average Bonchev–Trinajstić information content (AvgIpc) is 2.65. The van der Waals surface area contributed by atoms with Crippen LogP contribution in [0.5, 0.6) is 0 Å². The fraction of sp³-hybridized carbons (Fsp3) is 0.333. The summed E-state index contributed by atoms with van der Waals surface area (Å²) < 4.78 is 5.26. The van der Waals surface area contributed by atoms with Gasteiger partial charge in [-0.15, -0.1) is 0 Å². The molecule has 1 atom stereocenters. The molecule has 0 aliphatic rings. The van der Waals surface area contributed by atoms with Gasteiger partial charge in [0.1, 0.15) is 6.07 Å². The standard InChI is InChI=1S/C21H23NO2/c22-17-20(24-21(23)19-14-8-4-9-15-19)16-10-2-1-5-11-18-12-6-3-7-13-18/h3-4,6-9,12-15,20H,1-2,5,10-11,16H2. The summed E-state index contributed by atoms with van der Waals surface area (Å²) in [6, 6.07) is 21.3. The van der Waals surface area contributed by atoms with Crippen molar-refractivity contribution in [1.29, 1.82) is 5.26 Å². The van der Waals surface area contributed by atoms with E-state index in [1.807, 2.05) is 12.1 Å². The highest BCUT2D eigenvalue weighted by molar-refractivity contribution is 5.89. The Hall–Kier alpha value is -2.60. The lowest BCUT2D eigenvalue weighted by Crippen LogP contribution is -2.16. The molecule has 0 amide bonds. The van der Waals surface area contributed by atoms with Gasteiger partial charge in [0.2, 0.25) is 0 Å². The van der Waals surface area contributed by atoms with Crippen LogP contribution in [-0.2, 0) is 11.2 Å². The Morgan fingerprint density at radius 1 is 0.917 bits per heavy atom. The van der Waals surface area contributed by atoms with Crippen LogP contribution in [0, 0.1) is 11.3 Å². The predicted molar refractivity (Wildman–Crippen MR) is 94.5 cm³/mol. The molecule has 0 saturated heterocycles. The highest BCUT2D eigenvalue weighted by atomic mass is 16.5. The molecule has 0 spiro atoms. The quantitative estimate of drug-likeness (QED) is 0.486. The van der Waals surface area contributed by atoms with Crippen molar-refractivity contribution in [3.05, 3.63) is 71.8 Å². The lowest BCUT2D eigenvalue weighted by Gasteiger charge is -2.11. The Kier molecular flexibility index (Phi) is 7.56. The molecule has 24 heavy (non-hydrogen) atoms. The van der Waals surface area contributed by atoms with Crippen molar-refractivity contribution >= 4 is 5.97 Å². The van der Waals surface area contributed by atoms with E-state index in [1.165, 1.54) is 5.56 Å². The molecule has 124 valence electrons. The zero-order chi connectivity index (χ0) is 17.0. The Bertz CT molecular complexity index is 647. The van der Waals surface area contributed by atoms with E-state index in [1.54, 1.807) is 24.3 Å². The highest BCUT2D eigenvalue weighted by Crippen LogP contribution is 2.12. The van der Waals surface area contributed by atoms with Crippen molar-refractivity contribution in [2.45, 2.75) is 44.6 Å². The molecule has 0 aliphatic heterocycles. The summed E-state index contributed by atoms with van der Waals surface area (Å²) in [5, 5.41) is 9.15. The summed E-state index contributed by atoms with van der Waals surface area (Å²) >= 11 is 0. The van der Waals surface area contributed by atoms with Gasteiger partial charge in [-0.05, 0) is 43.4 Å². The Labute approximate surface area is 143 Å². The van der Waals surface area contributed by atoms with Crippen LogP contribution in [0.3, 0.4) is 0 Å². The SMILES string of the molecule is N#CC(CCCCCCc1ccccc1)OC(=O)c1ccccc1. The smallest absolute Gasteiger partial charge is 0.339 e. The van der Waals surface area contributed by atoms with Gasteiger partial charge in [-0.3, -0.25) is 0 Å². The van der Waals surface area contributed by atoms with Crippen molar-refractivity contribution in [2.75, 3.05) is 0 Å². The maximum absolute atomic E-state index is 11.9. The van der Waals surface area contributed by atoms with Gasteiger partial charge < -0.3 is 4.74 Å². The van der Waals surface area contributed by atoms with Crippen LogP contribution in [0.2, 0.25) is 0 Å². The van der Waals surface area contributed by atoms with Crippen molar-refractivity contribution < 1.29 is 9.53 Å². The third kappa shape index (κ3) is 6.26. The number of hydrogen-bond donors (Lipinski definition) is 0. The third-order valence-corrected chi connectivity index (χ3v) is 3.93. The number of hydrogen-bond acceptors (Lipinski definition) is 3. The molecule has 0 radical (unpaired) electrons. The molecule has 3 heteroatoms. The van der Waals surface area contributed by atoms with E-state index in [-0.39, 0.29) is 0 Å². The number of rotatable bonds is 9. The van der Waals surface area contributed by atoms with Gasteiger partial charge in [0, 0.05) is 0 Å². The van der Waals surface area contributed by atoms with Gasteiger partial charge in [-0.1, -0.05) is 61.4 Å². The minimum Gasteiger partial charge on any atom is -0.443 e. The van der Waals surface area contributed by atoms with Crippen molar-refractivity contribution in [3.8, 4) is 6.07 Å². The summed E-state index contributed by atoms with van der Waals surface area (Å²) in [6.07, 6.45) is 5.24. The summed E-state index contributed by atoms with van der Waals surface area (Å²) in [6.45, 7) is 0. The van der Waals surface area contributed by atoms with Gasteiger partial charge in [0.05, 0.1) is 5.56 Å². The van der Waals surface area contributed by atoms with E-state index >= 15 is 0 Å². The number of unbranched alkanes of at least 4 members (excludes halogenated alkanes) is 3. The fourth-order valence-corrected chi connectivity index (χ4v) is 2.58. The van der Waals surface area contributed by atoms with Gasteiger partial charge in [0.15, 0.2) is 6.10 Å². The molecule has 0 aromatic heterocycles. The normalized spacial score (nSPS) is 11.5. The van der Waals surface area contributed by atoms with Crippen molar-refractivity contribution in [3.63, 3.8) is 0 Å². The number of nitrogens with zero attached hydrogens (tertiary/aromatic N) is 1. The van der Waals surface area contributed by atoms with Crippen LogP contribution in [0.1, 0.15) is 48.0 Å². The van der Waals surface area contributed by atoms with Crippen LogP contribution < -0.4 is 0 Å². The van der Waals surface area contributed by atoms with Crippen LogP contribution in [0.4, 0.5) is 0 Å². The molecule has 2 aromatic carbocycles. The molecule has 2 rings (SSSR count). The highest BCUT2D eigenvalue weighted by Gasteiger charge is 2.14. The summed E-state index contributed by atoms with van der Waals surface area (Å²) in [4.78, 5) is 11.9. The molecule has 3 nitrogen and oxygen atoms in total. The molecule has 0 saturated carbocycles. The van der Waals surface area contributed by atoms with Gasteiger partial charge >= 0.3 is 5.97 Å². The summed E-state index contributed by atoms with van der Waals surface area (Å²) in [7, 11) is 0. The Balaban J connectivity index is 1.61. The minimum atomic E-state index is -0.660. The number of benzene rings is 2. The van der Waals surface area contributed by atoms with E-state index < -0.39 is 12.1 Å². The molecular formula is C21H23NO2. The van der Waals surface area contributed by atoms with E-state index in [2.05, 4.69) is 30.3 Å². The van der Waals surface area contributed by atoms with Crippen molar-refractivity contribution in [2.24, 2.45) is 0 Å². The maximum atomic E-state index is 11.9. The summed E-state index contributed by atoms with van der Waals surface area (Å²) in [5.74, 6) is -0.425. The van der Waals surface area contributed by atoms with Crippen LogP contribution in [0.25, 0.3) is 0 Å². The topological polar surface area (TPSA) is 50.1 Å². The van der Waals surface area contributed by atoms with Crippen LogP contribution >= 0.6 is 0 Å². The average molecular weight is 321 g/mol. The third-order valence-electron chi connectivity index (χ3n) is 3.93. The first-order valence-corrected chi connectivity index (χ1v) is 8.49. The maximum Gasteiger partial charge on any atom is 0.339 e. The molecule has 0 N–H and O–H groups in total. The molecule has 1 unspecified atom stereocenters. The predicted octanol–water partition coefficient (Wildman–Crippen LogP) is 4.93. The molecule has 0 heterocycles. The summed E-state index contributed by atoms with van der Waals surface area (Å²) in [5.41, 5.74) is 1.85. The van der Waals surface area contributed by atoms with Crippen molar-refractivity contribution in [1.82, 2.24) is 0 Å². The van der Waals surface area contributed by atoms with E-state index in [0.717, 1.165) is 32.1 Å². The number of nitriles is 1. The molecule has 2 aromatic rings. The van der Waals surface area contributed by atoms with Crippen LogP contribution in [0.15, 0.2) is 60.7 Å². The first-order chi connectivity index (χ1) is 11.8. The molecule has 0 aliphatic carbocycles. The second-order valence-electron chi connectivity index (χ2n) is 5.83. The van der Waals surface area contributed by atoms with E-state index in [9.17, 15) is 4.79 Å². The molecule has 0 bridgehead atoms. The fourth-order valence-electron chi connectivity index (χ4n) is 2.58. The Morgan fingerprint density at radius 3 is 2.21 bits per heavy atom. The second kappa shape index (κ2) is 10.2. The number of carbonyl (C=O) groups is 1. The van der Waals surface area contributed by atoms with Crippen LogP contribution in [-0.4, -0.2) is 12.1 Å². The number of carbonyl (C=O) groups excluding carboxylic acids is 1. The number of aryl methyl sites for hydroxylation is 1. The van der Waals surface area contributed by atoms with Gasteiger partial charge in [-0.2, -0.15) is 5.26 Å². The molecular weight excluding hydrogens is 298 g/mol. The second-order valence-corrected chi connectivity index (χ2v) is 5.83. The first-order valence-electron chi connectivity index (χ1n) is 8.49. The zero-order valence-electron chi connectivity index (χ0n) is 13.9. The number of ether oxygens (including phenoxy) is 1.